The fourth-order valence-corrected chi connectivity index (χ4v) is 4.35. The Hall–Kier alpha value is -3.30. The number of carboxylic acid groups (broad SMARTS) is 1. The van der Waals surface area contributed by atoms with E-state index in [4.69, 9.17) is 21.1 Å². The second kappa shape index (κ2) is 10.5. The van der Waals surface area contributed by atoms with Crippen LogP contribution in [0.4, 0.5) is 5.82 Å². The minimum atomic E-state index is -1.12. The average molecular weight is 488 g/mol. The number of thiophene rings is 1. The molecular formula is C23H22ClN3O5S. The average Bonchev–Trinajstić information content (AvgIpc) is 3.25. The number of halogens is 1. The van der Waals surface area contributed by atoms with Crippen molar-refractivity contribution in [2.45, 2.75) is 18.9 Å². The van der Waals surface area contributed by atoms with E-state index in [-0.39, 0.29) is 6.42 Å². The molecule has 3 heterocycles. The van der Waals surface area contributed by atoms with Gasteiger partial charge in [0.05, 0.1) is 18.2 Å². The maximum Gasteiger partial charge on any atom is 0.326 e. The van der Waals surface area contributed by atoms with Crippen LogP contribution in [0.25, 0.3) is 0 Å². The fourth-order valence-electron chi connectivity index (χ4n) is 3.31. The molecule has 0 bridgehead atoms. The molecule has 8 nitrogen and oxygen atoms in total. The number of nitrogens with one attached hydrogen (secondary N) is 2. The van der Waals surface area contributed by atoms with Crippen molar-refractivity contribution < 1.29 is 24.2 Å². The Morgan fingerprint density at radius 2 is 2.06 bits per heavy atom. The number of carbonyl (C=O) groups excluding carboxylic acids is 1. The number of aliphatic carboxylic acids is 1. The summed E-state index contributed by atoms with van der Waals surface area (Å²) in [5.74, 6) is 0.563. The molecule has 0 saturated heterocycles. The first-order chi connectivity index (χ1) is 16.0. The van der Waals surface area contributed by atoms with Crippen LogP contribution in [0, 0.1) is 0 Å². The van der Waals surface area contributed by atoms with E-state index in [2.05, 4.69) is 15.6 Å². The van der Waals surface area contributed by atoms with Gasteiger partial charge in [0.25, 0.3) is 5.91 Å². The minimum Gasteiger partial charge on any atom is -0.493 e. The van der Waals surface area contributed by atoms with Gasteiger partial charge in [-0.25, -0.2) is 9.78 Å². The normalized spacial score (nSPS) is 13.2. The topological polar surface area (TPSA) is 110 Å². The molecule has 0 radical (unpaired) electrons. The number of hydrogen-bond acceptors (Lipinski definition) is 7. The molecular weight excluding hydrogens is 466 g/mol. The zero-order chi connectivity index (χ0) is 23.2. The van der Waals surface area contributed by atoms with Crippen LogP contribution < -0.4 is 20.1 Å². The number of fused-ring (bicyclic) bond motifs is 1. The van der Waals surface area contributed by atoms with Gasteiger partial charge in [0, 0.05) is 18.5 Å². The van der Waals surface area contributed by atoms with E-state index >= 15 is 0 Å². The van der Waals surface area contributed by atoms with E-state index in [9.17, 15) is 14.7 Å². The summed E-state index contributed by atoms with van der Waals surface area (Å²) in [6, 6.07) is 11.5. The quantitative estimate of drug-likeness (QED) is 0.422. The number of ether oxygens (including phenoxy) is 2. The second-order valence-corrected chi connectivity index (χ2v) is 8.66. The first-order valence-electron chi connectivity index (χ1n) is 10.3. The summed E-state index contributed by atoms with van der Waals surface area (Å²) in [5.41, 5.74) is 1.66. The molecule has 4 rings (SSSR count). The number of benzene rings is 1. The van der Waals surface area contributed by atoms with Gasteiger partial charge in [-0.2, -0.15) is 0 Å². The van der Waals surface area contributed by atoms with Crippen molar-refractivity contribution in [2.75, 3.05) is 25.1 Å². The molecule has 3 aromatic rings. The van der Waals surface area contributed by atoms with Gasteiger partial charge in [0.15, 0.2) is 11.6 Å². The van der Waals surface area contributed by atoms with Crippen molar-refractivity contribution in [3.63, 3.8) is 0 Å². The summed E-state index contributed by atoms with van der Waals surface area (Å²) in [5, 5.41) is 17.2. The van der Waals surface area contributed by atoms with Crippen molar-refractivity contribution >= 4 is 40.6 Å². The van der Waals surface area contributed by atoms with E-state index in [0.717, 1.165) is 40.7 Å². The Morgan fingerprint density at radius 3 is 2.79 bits per heavy atom. The highest BCUT2D eigenvalue weighted by Gasteiger charge is 2.23. The van der Waals surface area contributed by atoms with E-state index in [1.807, 2.05) is 12.1 Å². The predicted octanol–water partition coefficient (Wildman–Crippen LogP) is 3.65. The summed E-state index contributed by atoms with van der Waals surface area (Å²) < 4.78 is 11.3. The minimum absolute atomic E-state index is 0.137. The first-order valence-corrected chi connectivity index (χ1v) is 11.6. The highest BCUT2D eigenvalue weighted by molar-refractivity contribution is 7.12. The van der Waals surface area contributed by atoms with Crippen LogP contribution in [0.3, 0.4) is 0 Å². The van der Waals surface area contributed by atoms with Crippen molar-refractivity contribution in [1.82, 2.24) is 10.3 Å². The van der Waals surface area contributed by atoms with Crippen LogP contribution in [-0.2, 0) is 17.6 Å². The number of anilines is 1. The third kappa shape index (κ3) is 5.94. The van der Waals surface area contributed by atoms with Crippen molar-refractivity contribution in [3.05, 3.63) is 69.0 Å². The Balaban J connectivity index is 1.29. The van der Waals surface area contributed by atoms with Gasteiger partial charge >= 0.3 is 5.97 Å². The molecule has 1 aromatic carbocycles. The van der Waals surface area contributed by atoms with Gasteiger partial charge < -0.3 is 25.2 Å². The van der Waals surface area contributed by atoms with Crippen molar-refractivity contribution in [3.8, 4) is 11.5 Å². The molecule has 0 fully saturated rings. The van der Waals surface area contributed by atoms with Crippen LogP contribution in [0.5, 0.6) is 11.5 Å². The number of carboxylic acids is 1. The summed E-state index contributed by atoms with van der Waals surface area (Å²) in [6.07, 6.45) is 0.771. The number of hydrogen-bond donors (Lipinski definition) is 3. The molecule has 10 heteroatoms. The van der Waals surface area contributed by atoms with Crippen LogP contribution in [0.15, 0.2) is 47.8 Å². The maximum absolute atomic E-state index is 12.3. The van der Waals surface area contributed by atoms with E-state index in [0.29, 0.717) is 35.3 Å². The van der Waals surface area contributed by atoms with Gasteiger partial charge in [-0.15, -0.1) is 11.3 Å². The van der Waals surface area contributed by atoms with E-state index in [1.165, 1.54) is 0 Å². The molecule has 1 amide bonds. The van der Waals surface area contributed by atoms with Gasteiger partial charge in [0.1, 0.15) is 23.3 Å². The largest absolute Gasteiger partial charge is 0.493 e. The lowest BCUT2D eigenvalue weighted by molar-refractivity contribution is -0.139. The zero-order valence-electron chi connectivity index (χ0n) is 17.5. The van der Waals surface area contributed by atoms with Crippen LogP contribution >= 0.6 is 22.9 Å². The van der Waals surface area contributed by atoms with Gasteiger partial charge in [-0.1, -0.05) is 23.7 Å². The van der Waals surface area contributed by atoms with Gasteiger partial charge in [0.2, 0.25) is 0 Å². The van der Waals surface area contributed by atoms with E-state index < -0.39 is 17.9 Å². The summed E-state index contributed by atoms with van der Waals surface area (Å²) in [4.78, 5) is 28.8. The Kier molecular flexibility index (Phi) is 7.31. The number of amides is 1. The van der Waals surface area contributed by atoms with Crippen molar-refractivity contribution in [1.29, 1.82) is 0 Å². The Morgan fingerprint density at radius 1 is 1.24 bits per heavy atom. The lowest BCUT2D eigenvalue weighted by Crippen LogP contribution is -2.42. The second-order valence-electron chi connectivity index (χ2n) is 7.33. The number of rotatable bonds is 9. The highest BCUT2D eigenvalue weighted by Crippen LogP contribution is 2.25. The summed E-state index contributed by atoms with van der Waals surface area (Å²) in [7, 11) is 0. The molecule has 3 N–H and O–H groups in total. The molecule has 172 valence electrons. The predicted molar refractivity (Wildman–Crippen MR) is 126 cm³/mol. The highest BCUT2D eigenvalue weighted by atomic mass is 35.5. The lowest BCUT2D eigenvalue weighted by Gasteiger charge is -2.18. The Labute approximate surface area is 199 Å². The lowest BCUT2D eigenvalue weighted by atomic mass is 10.1. The number of carbonyl (C=O) groups is 2. The van der Waals surface area contributed by atoms with E-state index in [1.54, 1.807) is 35.7 Å². The summed E-state index contributed by atoms with van der Waals surface area (Å²) in [6.45, 7) is 1.82. The summed E-state index contributed by atoms with van der Waals surface area (Å²) >= 11 is 7.13. The molecule has 0 aliphatic carbocycles. The third-order valence-electron chi connectivity index (χ3n) is 4.98. The monoisotopic (exact) mass is 487 g/mol. The Bertz CT molecular complexity index is 1140. The van der Waals surface area contributed by atoms with Crippen LogP contribution in [0.2, 0.25) is 5.02 Å². The standard InChI is InChI=1S/C23H22ClN3O5S/c24-17-8-12-33-20(17)22(28)27-18(23(29)30)13-14-1-4-16(5-2-14)31-10-7-15-3-6-19-21(26-15)25-9-11-32-19/h1-6,8,12,18H,7,9-11,13H2,(H,25,26)(H,27,28)(H,29,30)/t18-/m0/s1. The molecule has 1 aliphatic rings. The maximum atomic E-state index is 12.3. The van der Waals surface area contributed by atoms with Gasteiger partial charge in [-0.05, 0) is 41.3 Å². The van der Waals surface area contributed by atoms with Crippen LogP contribution in [-0.4, -0.2) is 47.8 Å². The zero-order valence-corrected chi connectivity index (χ0v) is 19.1. The number of nitrogens with zero attached hydrogens (tertiary/aromatic N) is 1. The first kappa shape index (κ1) is 22.9. The molecule has 0 unspecified atom stereocenters. The van der Waals surface area contributed by atoms with Crippen molar-refractivity contribution in [2.24, 2.45) is 0 Å². The smallest absolute Gasteiger partial charge is 0.326 e. The van der Waals surface area contributed by atoms with Crippen LogP contribution in [0.1, 0.15) is 20.9 Å². The SMILES string of the molecule is O=C(N[C@@H](Cc1ccc(OCCc2ccc3c(n2)NCCO3)cc1)C(=O)O)c1sccc1Cl. The number of aromatic nitrogens is 1. The molecule has 33 heavy (non-hydrogen) atoms. The molecule has 1 atom stereocenters. The molecule has 1 aliphatic heterocycles. The number of pyridine rings is 1. The molecule has 2 aromatic heterocycles. The van der Waals surface area contributed by atoms with Gasteiger partial charge in [-0.3, -0.25) is 4.79 Å². The molecule has 0 saturated carbocycles. The molecule has 0 spiro atoms. The third-order valence-corrected chi connectivity index (χ3v) is 6.33. The fraction of sp³-hybridized carbons (Fsp3) is 0.261.